The minimum atomic E-state index is 0.496. The summed E-state index contributed by atoms with van der Waals surface area (Å²) in [5, 5.41) is 2.80. The maximum Gasteiger partial charge on any atom is 0.242 e. The normalized spacial score (nSPS) is 17.8. The molecule has 0 aromatic heterocycles. The predicted octanol–water partition coefficient (Wildman–Crippen LogP) is 2.89. The first-order chi connectivity index (χ1) is 12.9. The Morgan fingerprint density at radius 1 is 0.731 bits per heavy atom. The Morgan fingerprint density at radius 2 is 1.35 bits per heavy atom. The molecule has 0 fully saturated rings. The lowest BCUT2D eigenvalue weighted by Gasteiger charge is -2.25. The van der Waals surface area contributed by atoms with Crippen molar-refractivity contribution in [2.45, 2.75) is 6.42 Å². The van der Waals surface area contributed by atoms with Crippen molar-refractivity contribution in [1.82, 2.24) is 4.90 Å². The van der Waals surface area contributed by atoms with Gasteiger partial charge in [-0.25, -0.2) is 34.9 Å². The number of hydrogen-bond acceptors (Lipinski definition) is 7. The summed E-state index contributed by atoms with van der Waals surface area (Å²) >= 11 is 0. The van der Waals surface area contributed by atoms with E-state index in [2.05, 4.69) is 78.5 Å². The largest absolute Gasteiger partial charge is 0.242 e. The van der Waals surface area contributed by atoms with E-state index in [4.69, 9.17) is 0 Å². The van der Waals surface area contributed by atoms with Gasteiger partial charge in [-0.15, -0.1) is 0 Å². The third kappa shape index (κ3) is 2.37. The lowest BCUT2D eigenvalue weighted by atomic mass is 9.93. The van der Waals surface area contributed by atoms with Crippen LogP contribution >= 0.6 is 0 Å². The first-order valence-corrected chi connectivity index (χ1v) is 8.18. The Kier molecular flexibility index (Phi) is 3.35. The van der Waals surface area contributed by atoms with Gasteiger partial charge in [0, 0.05) is 0 Å². The highest BCUT2D eigenvalue weighted by Crippen LogP contribution is 2.27. The van der Waals surface area contributed by atoms with Crippen LogP contribution in [0.3, 0.4) is 0 Å². The van der Waals surface area contributed by atoms with Gasteiger partial charge in [0.1, 0.15) is 19.0 Å². The van der Waals surface area contributed by atoms with E-state index >= 15 is 0 Å². The molecule has 6 rings (SSSR count). The van der Waals surface area contributed by atoms with Gasteiger partial charge in [0.2, 0.25) is 17.9 Å². The molecule has 4 aliphatic rings. The van der Waals surface area contributed by atoms with E-state index in [1.807, 2.05) is 0 Å². The Morgan fingerprint density at radius 3 is 2.00 bits per heavy atom. The molecule has 0 N–H and O–H groups in total. The number of nitrogens with zero attached hydrogens (tertiary/aromatic N) is 7. The summed E-state index contributed by atoms with van der Waals surface area (Å²) in [7, 11) is 0. The molecule has 0 saturated carbocycles. The molecule has 2 aromatic rings. The Bertz CT molecular complexity index is 1040. The van der Waals surface area contributed by atoms with Gasteiger partial charge in [0.05, 0.1) is 0 Å². The van der Waals surface area contributed by atoms with Crippen molar-refractivity contribution in [3.63, 3.8) is 0 Å². The standard InChI is InChI=1S/C13H10.C6H3N7/c1-4-10-6-2-8-12-9-3-7-11(5-1)13(10)12;1-7-4-9-2-11-6-12-3-10-5(8-1)13(4)6/h1-8H,9H2;1-3H. The van der Waals surface area contributed by atoms with E-state index in [1.54, 1.807) is 4.90 Å². The molecule has 26 heavy (non-hydrogen) atoms. The molecule has 1 aliphatic carbocycles. The molecule has 3 heterocycles. The average Bonchev–Trinajstić information content (AvgIpc) is 2.70. The van der Waals surface area contributed by atoms with Crippen LogP contribution in [0.1, 0.15) is 11.1 Å². The van der Waals surface area contributed by atoms with Gasteiger partial charge in [-0.1, -0.05) is 48.6 Å². The molecule has 2 aromatic carbocycles. The highest BCUT2D eigenvalue weighted by molar-refractivity contribution is 6.25. The van der Waals surface area contributed by atoms with E-state index in [0.29, 0.717) is 17.9 Å². The Labute approximate surface area is 149 Å². The highest BCUT2D eigenvalue weighted by Gasteiger charge is 2.28. The Hall–Kier alpha value is -3.74. The molecule has 0 saturated heterocycles. The van der Waals surface area contributed by atoms with Crippen LogP contribution in [0.25, 0.3) is 16.8 Å². The second kappa shape index (κ2) is 5.96. The summed E-state index contributed by atoms with van der Waals surface area (Å²) in [5.41, 5.74) is 2.81. The summed E-state index contributed by atoms with van der Waals surface area (Å²) in [6.45, 7) is 0. The number of benzene rings is 2. The minimum Gasteiger partial charge on any atom is -0.213 e. The second-order valence-electron chi connectivity index (χ2n) is 5.83. The van der Waals surface area contributed by atoms with Crippen LogP contribution < -0.4 is 0 Å². The molecule has 0 amide bonds. The number of allylic oxidation sites excluding steroid dienone is 1. The molecular weight excluding hydrogens is 326 g/mol. The zero-order chi connectivity index (χ0) is 17.3. The van der Waals surface area contributed by atoms with E-state index < -0.39 is 0 Å². The third-order valence-corrected chi connectivity index (χ3v) is 4.30. The third-order valence-electron chi connectivity index (χ3n) is 4.30. The molecular formula is C19H13N7. The van der Waals surface area contributed by atoms with E-state index in [-0.39, 0.29) is 0 Å². The molecule has 124 valence electrons. The first kappa shape index (κ1) is 14.6. The van der Waals surface area contributed by atoms with E-state index in [9.17, 15) is 0 Å². The summed E-state index contributed by atoms with van der Waals surface area (Å²) in [6, 6.07) is 13.0. The fraction of sp³-hybridized carbons (Fsp3) is 0.0526. The summed E-state index contributed by atoms with van der Waals surface area (Å²) in [5.74, 6) is 1.49. The van der Waals surface area contributed by atoms with Gasteiger partial charge in [-0.2, -0.15) is 0 Å². The molecule has 0 radical (unpaired) electrons. The minimum absolute atomic E-state index is 0.496. The van der Waals surface area contributed by atoms with Crippen molar-refractivity contribution in [1.29, 1.82) is 0 Å². The van der Waals surface area contributed by atoms with Gasteiger partial charge in [0.15, 0.2) is 0 Å². The van der Waals surface area contributed by atoms with E-state index in [0.717, 1.165) is 6.42 Å². The second-order valence-corrected chi connectivity index (χ2v) is 5.83. The molecule has 0 unspecified atom stereocenters. The number of hydrogen-bond donors (Lipinski definition) is 0. The molecule has 7 nitrogen and oxygen atoms in total. The molecule has 0 bridgehead atoms. The SMILES string of the molecule is C1=Cc2cccc3cccc(c23)C1.C1=NC2=NC=NC3=NC=NC(=N1)N23. The van der Waals surface area contributed by atoms with Crippen molar-refractivity contribution in [2.75, 3.05) is 0 Å². The van der Waals surface area contributed by atoms with Crippen molar-refractivity contribution in [2.24, 2.45) is 30.0 Å². The van der Waals surface area contributed by atoms with Crippen molar-refractivity contribution < 1.29 is 0 Å². The molecule has 7 heteroatoms. The van der Waals surface area contributed by atoms with Gasteiger partial charge >= 0.3 is 0 Å². The van der Waals surface area contributed by atoms with Crippen molar-refractivity contribution in [3.8, 4) is 0 Å². The predicted molar refractivity (Wildman–Crippen MR) is 106 cm³/mol. The fourth-order valence-electron chi connectivity index (χ4n) is 3.18. The van der Waals surface area contributed by atoms with Crippen LogP contribution in [0, 0.1) is 0 Å². The van der Waals surface area contributed by atoms with Crippen LogP contribution in [-0.2, 0) is 6.42 Å². The monoisotopic (exact) mass is 339 g/mol. The maximum atomic E-state index is 3.95. The molecule has 0 spiro atoms. The lowest BCUT2D eigenvalue weighted by molar-refractivity contribution is 0.836. The number of aliphatic imine (C=N–C) groups is 6. The number of guanidine groups is 3. The quantitative estimate of drug-likeness (QED) is 0.727. The lowest BCUT2D eigenvalue weighted by Crippen LogP contribution is -2.44. The summed E-state index contributed by atoms with van der Waals surface area (Å²) in [4.78, 5) is 25.3. The Balaban J connectivity index is 0.000000115. The van der Waals surface area contributed by atoms with Gasteiger partial charge in [-0.05, 0) is 28.3 Å². The van der Waals surface area contributed by atoms with Gasteiger partial charge in [-0.3, -0.25) is 0 Å². The van der Waals surface area contributed by atoms with Crippen molar-refractivity contribution >= 4 is 53.7 Å². The van der Waals surface area contributed by atoms with Crippen LogP contribution in [-0.4, -0.2) is 41.8 Å². The maximum absolute atomic E-state index is 3.95. The molecule has 3 aliphatic heterocycles. The summed E-state index contributed by atoms with van der Waals surface area (Å²) < 4.78 is 0. The molecule has 0 atom stereocenters. The van der Waals surface area contributed by atoms with Crippen LogP contribution in [0.4, 0.5) is 0 Å². The zero-order valence-electron chi connectivity index (χ0n) is 13.7. The van der Waals surface area contributed by atoms with Crippen LogP contribution in [0.2, 0.25) is 0 Å². The average molecular weight is 339 g/mol. The van der Waals surface area contributed by atoms with E-state index in [1.165, 1.54) is 40.9 Å². The topological polar surface area (TPSA) is 77.4 Å². The van der Waals surface area contributed by atoms with Crippen molar-refractivity contribution in [3.05, 3.63) is 53.6 Å². The smallest absolute Gasteiger partial charge is 0.213 e. The first-order valence-electron chi connectivity index (χ1n) is 8.18. The van der Waals surface area contributed by atoms with Crippen LogP contribution in [0.5, 0.6) is 0 Å². The van der Waals surface area contributed by atoms with Gasteiger partial charge in [0.25, 0.3) is 0 Å². The zero-order valence-corrected chi connectivity index (χ0v) is 13.7. The highest BCUT2D eigenvalue weighted by atomic mass is 15.5. The van der Waals surface area contributed by atoms with Gasteiger partial charge < -0.3 is 0 Å². The number of rotatable bonds is 0. The van der Waals surface area contributed by atoms with Crippen LogP contribution in [0.15, 0.2) is 72.4 Å². The summed E-state index contributed by atoms with van der Waals surface area (Å²) in [6.07, 6.45) is 9.75. The fourth-order valence-corrected chi connectivity index (χ4v) is 3.18.